The molecule has 1 fully saturated rings. The minimum absolute atomic E-state index is 0.802. The molecule has 1 saturated heterocycles. The van der Waals surface area contributed by atoms with Crippen LogP contribution in [0.2, 0.25) is 0 Å². The van der Waals surface area contributed by atoms with Gasteiger partial charge in [0.05, 0.1) is 13.2 Å². The van der Waals surface area contributed by atoms with E-state index in [1.54, 1.807) is 0 Å². The van der Waals surface area contributed by atoms with Gasteiger partial charge in [-0.1, -0.05) is 0 Å². The highest BCUT2D eigenvalue weighted by molar-refractivity contribution is 5.83. The van der Waals surface area contributed by atoms with Crippen molar-refractivity contribution in [1.29, 1.82) is 0 Å². The highest BCUT2D eigenvalue weighted by atomic mass is 16.5. The first-order valence-corrected chi connectivity index (χ1v) is 5.49. The van der Waals surface area contributed by atoms with Crippen LogP contribution in [-0.2, 0) is 4.74 Å². The van der Waals surface area contributed by atoms with E-state index in [0.717, 1.165) is 37.3 Å². The lowest BCUT2D eigenvalue weighted by atomic mass is 10.1. The number of H-pyrrole nitrogens is 1. The fourth-order valence-corrected chi connectivity index (χ4v) is 2.18. The Kier molecular flexibility index (Phi) is 2.25. The first-order chi connectivity index (χ1) is 7.86. The maximum Gasteiger partial charge on any atom is 0.117 e. The number of aromatic nitrogens is 3. The molecule has 0 atom stereocenters. The second-order valence-corrected chi connectivity index (χ2v) is 4.00. The van der Waals surface area contributed by atoms with Crippen molar-refractivity contribution in [3.05, 3.63) is 17.7 Å². The molecule has 1 N–H and O–H groups in total. The molecule has 5 heteroatoms. The molecular formula is C11H14N4O. The normalized spacial score (nSPS) is 16.9. The van der Waals surface area contributed by atoms with Gasteiger partial charge in [-0.15, -0.1) is 0 Å². The van der Waals surface area contributed by atoms with Crippen molar-refractivity contribution in [2.45, 2.75) is 6.92 Å². The standard InChI is InChI=1S/C11H14N4O/c1-8-10(15-4-6-16-7-5-15)3-2-9-11(8)13-14-12-9/h2-3H,4-7H2,1H3,(H,12,13,14). The number of anilines is 1. The van der Waals surface area contributed by atoms with Gasteiger partial charge in [0.25, 0.3) is 0 Å². The number of aromatic amines is 1. The molecule has 0 unspecified atom stereocenters. The molecule has 0 saturated carbocycles. The van der Waals surface area contributed by atoms with Gasteiger partial charge in [-0.05, 0) is 19.1 Å². The molecule has 0 radical (unpaired) electrons. The van der Waals surface area contributed by atoms with Gasteiger partial charge < -0.3 is 9.64 Å². The lowest BCUT2D eigenvalue weighted by Crippen LogP contribution is -2.36. The average Bonchev–Trinajstić information content (AvgIpc) is 2.80. The maximum absolute atomic E-state index is 5.36. The molecular weight excluding hydrogens is 204 g/mol. The van der Waals surface area contributed by atoms with Gasteiger partial charge in [0.1, 0.15) is 11.0 Å². The van der Waals surface area contributed by atoms with Crippen LogP contribution in [0, 0.1) is 6.92 Å². The Balaban J connectivity index is 2.05. The summed E-state index contributed by atoms with van der Waals surface area (Å²) in [5, 5.41) is 10.9. The first-order valence-electron chi connectivity index (χ1n) is 5.49. The van der Waals surface area contributed by atoms with Crippen molar-refractivity contribution in [2.75, 3.05) is 31.2 Å². The Labute approximate surface area is 93.4 Å². The number of benzene rings is 1. The summed E-state index contributed by atoms with van der Waals surface area (Å²) < 4.78 is 5.36. The third-order valence-corrected chi connectivity index (χ3v) is 3.07. The summed E-state index contributed by atoms with van der Waals surface area (Å²) in [6.07, 6.45) is 0. The largest absolute Gasteiger partial charge is 0.378 e. The van der Waals surface area contributed by atoms with Crippen molar-refractivity contribution in [3.63, 3.8) is 0 Å². The molecule has 1 aliphatic rings. The molecule has 1 aromatic heterocycles. The van der Waals surface area contributed by atoms with Crippen molar-refractivity contribution in [2.24, 2.45) is 0 Å². The zero-order chi connectivity index (χ0) is 11.0. The van der Waals surface area contributed by atoms with Crippen LogP contribution in [0.25, 0.3) is 11.0 Å². The molecule has 16 heavy (non-hydrogen) atoms. The van der Waals surface area contributed by atoms with Gasteiger partial charge in [0, 0.05) is 24.3 Å². The van der Waals surface area contributed by atoms with Gasteiger partial charge in [0.2, 0.25) is 0 Å². The van der Waals surface area contributed by atoms with Crippen LogP contribution in [0.4, 0.5) is 5.69 Å². The molecule has 84 valence electrons. The van der Waals surface area contributed by atoms with Crippen LogP contribution in [0.15, 0.2) is 12.1 Å². The predicted molar refractivity (Wildman–Crippen MR) is 61.7 cm³/mol. The van der Waals surface area contributed by atoms with E-state index in [1.165, 1.54) is 11.3 Å². The van der Waals surface area contributed by atoms with Crippen LogP contribution in [-0.4, -0.2) is 41.7 Å². The fourth-order valence-electron chi connectivity index (χ4n) is 2.18. The summed E-state index contributed by atoms with van der Waals surface area (Å²) in [6.45, 7) is 5.59. The molecule has 0 aliphatic carbocycles. The van der Waals surface area contributed by atoms with E-state index in [9.17, 15) is 0 Å². The monoisotopic (exact) mass is 218 g/mol. The van der Waals surface area contributed by atoms with Crippen molar-refractivity contribution < 1.29 is 4.74 Å². The number of nitrogens with one attached hydrogen (secondary N) is 1. The zero-order valence-electron chi connectivity index (χ0n) is 9.23. The maximum atomic E-state index is 5.36. The number of hydrogen-bond acceptors (Lipinski definition) is 4. The van der Waals surface area contributed by atoms with Crippen LogP contribution in [0.1, 0.15) is 5.56 Å². The number of nitrogens with zero attached hydrogens (tertiary/aromatic N) is 3. The van der Waals surface area contributed by atoms with E-state index < -0.39 is 0 Å². The SMILES string of the molecule is Cc1c(N2CCOCC2)ccc2n[nH]nc12. The second-order valence-electron chi connectivity index (χ2n) is 4.00. The molecule has 0 bridgehead atoms. The third kappa shape index (κ3) is 1.44. The second kappa shape index (κ2) is 3.75. The Bertz CT molecular complexity index is 502. The van der Waals surface area contributed by atoms with Crippen molar-refractivity contribution >= 4 is 16.7 Å². The summed E-state index contributed by atoms with van der Waals surface area (Å²) in [6, 6.07) is 4.13. The third-order valence-electron chi connectivity index (χ3n) is 3.07. The van der Waals surface area contributed by atoms with E-state index in [4.69, 9.17) is 4.74 Å². The molecule has 5 nitrogen and oxygen atoms in total. The molecule has 0 spiro atoms. The van der Waals surface area contributed by atoms with Gasteiger partial charge >= 0.3 is 0 Å². The van der Waals surface area contributed by atoms with E-state index >= 15 is 0 Å². The highest BCUT2D eigenvalue weighted by Crippen LogP contribution is 2.26. The Morgan fingerprint density at radius 3 is 2.88 bits per heavy atom. The van der Waals surface area contributed by atoms with Gasteiger partial charge in [-0.2, -0.15) is 15.4 Å². The highest BCUT2D eigenvalue weighted by Gasteiger charge is 2.15. The Morgan fingerprint density at radius 1 is 1.25 bits per heavy atom. The minimum Gasteiger partial charge on any atom is -0.378 e. The number of morpholine rings is 1. The van der Waals surface area contributed by atoms with Gasteiger partial charge in [-0.3, -0.25) is 0 Å². The summed E-state index contributed by atoms with van der Waals surface area (Å²) in [7, 11) is 0. The molecule has 2 aromatic rings. The van der Waals surface area contributed by atoms with Crippen molar-refractivity contribution in [3.8, 4) is 0 Å². The number of ether oxygens (including phenoxy) is 1. The summed E-state index contributed by atoms with van der Waals surface area (Å²) in [5.41, 5.74) is 4.32. The van der Waals surface area contributed by atoms with Crippen LogP contribution >= 0.6 is 0 Å². The van der Waals surface area contributed by atoms with E-state index in [-0.39, 0.29) is 0 Å². The Morgan fingerprint density at radius 2 is 2.06 bits per heavy atom. The number of rotatable bonds is 1. The molecule has 2 heterocycles. The molecule has 1 aromatic carbocycles. The zero-order valence-corrected chi connectivity index (χ0v) is 9.23. The Hall–Kier alpha value is -1.62. The predicted octanol–water partition coefficient (Wildman–Crippen LogP) is 1.10. The lowest BCUT2D eigenvalue weighted by molar-refractivity contribution is 0.122. The fraction of sp³-hybridized carbons (Fsp3) is 0.455. The molecule has 1 aliphatic heterocycles. The van der Waals surface area contributed by atoms with Crippen LogP contribution in [0.3, 0.4) is 0 Å². The lowest BCUT2D eigenvalue weighted by Gasteiger charge is -2.30. The van der Waals surface area contributed by atoms with E-state index in [2.05, 4.69) is 33.3 Å². The summed E-state index contributed by atoms with van der Waals surface area (Å²) >= 11 is 0. The van der Waals surface area contributed by atoms with E-state index in [0.29, 0.717) is 0 Å². The quantitative estimate of drug-likeness (QED) is 0.778. The summed E-state index contributed by atoms with van der Waals surface area (Å²) in [4.78, 5) is 2.34. The summed E-state index contributed by atoms with van der Waals surface area (Å²) in [5.74, 6) is 0. The van der Waals surface area contributed by atoms with Crippen molar-refractivity contribution in [1.82, 2.24) is 15.4 Å². The van der Waals surface area contributed by atoms with Gasteiger partial charge in [0.15, 0.2) is 0 Å². The topological polar surface area (TPSA) is 54.0 Å². The number of fused-ring (bicyclic) bond motifs is 1. The molecule has 0 amide bonds. The molecule has 3 rings (SSSR count). The minimum atomic E-state index is 0.802. The average molecular weight is 218 g/mol. The smallest absolute Gasteiger partial charge is 0.117 e. The van der Waals surface area contributed by atoms with Crippen LogP contribution in [0.5, 0.6) is 0 Å². The first kappa shape index (κ1) is 9.59. The number of hydrogen-bond donors (Lipinski definition) is 1. The van der Waals surface area contributed by atoms with E-state index in [1.807, 2.05) is 6.07 Å². The van der Waals surface area contributed by atoms with Gasteiger partial charge in [-0.25, -0.2) is 0 Å². The number of aryl methyl sites for hydroxylation is 1. The van der Waals surface area contributed by atoms with Crippen LogP contribution < -0.4 is 4.90 Å².